The molecule has 3 aromatic carbocycles. The van der Waals surface area contributed by atoms with Gasteiger partial charge in [0.05, 0.1) is 24.8 Å². The third kappa shape index (κ3) is 5.34. The number of carbonyl (C=O) groups excluding carboxylic acids is 3. The van der Waals surface area contributed by atoms with Crippen molar-refractivity contribution >= 4 is 58.1 Å². The number of anilines is 2. The van der Waals surface area contributed by atoms with Gasteiger partial charge in [0.15, 0.2) is 5.11 Å². The number of hydrogen-bond donors (Lipinski definition) is 1. The lowest BCUT2D eigenvalue weighted by Crippen LogP contribution is -2.37. The largest absolute Gasteiger partial charge is 0.465 e. The normalized spacial score (nSPS) is 15.3. The quantitative estimate of drug-likeness (QED) is 0.370. The van der Waals surface area contributed by atoms with Crippen LogP contribution in [0, 0.1) is 0 Å². The van der Waals surface area contributed by atoms with E-state index in [0.717, 1.165) is 5.56 Å². The molecular weight excluding hydrogens is 486 g/mol. The predicted octanol–water partition coefficient (Wildman–Crippen LogP) is 4.66. The summed E-state index contributed by atoms with van der Waals surface area (Å²) in [6, 6.07) is 21.9. The molecule has 0 bridgehead atoms. The minimum absolute atomic E-state index is 0.120. The number of nitrogens with one attached hydrogen (secondary N) is 1. The average molecular weight is 508 g/mol. The fraction of sp³-hybridized carbons (Fsp3) is 0.154. The lowest BCUT2D eigenvalue weighted by Gasteiger charge is -2.24. The molecule has 1 atom stereocenters. The van der Waals surface area contributed by atoms with Crippen LogP contribution in [0.3, 0.4) is 0 Å². The van der Waals surface area contributed by atoms with Gasteiger partial charge in [-0.05, 0) is 60.2 Å². The van der Waals surface area contributed by atoms with Gasteiger partial charge in [-0.15, -0.1) is 0 Å². The number of amides is 2. The van der Waals surface area contributed by atoms with E-state index in [1.807, 2.05) is 36.4 Å². The molecule has 1 N–H and O–H groups in total. The Labute approximate surface area is 213 Å². The Kier molecular flexibility index (Phi) is 7.43. The minimum Gasteiger partial charge on any atom is -0.465 e. The van der Waals surface area contributed by atoms with Crippen LogP contribution in [0.15, 0.2) is 78.9 Å². The number of para-hydroxylation sites is 1. The van der Waals surface area contributed by atoms with Crippen molar-refractivity contribution < 1.29 is 19.1 Å². The number of methoxy groups -OCH3 is 1. The molecule has 0 aliphatic carbocycles. The second-order valence-electron chi connectivity index (χ2n) is 7.85. The second-order valence-corrected chi connectivity index (χ2v) is 8.62. The van der Waals surface area contributed by atoms with Gasteiger partial charge in [0.1, 0.15) is 6.04 Å². The molecule has 0 unspecified atom stereocenters. The molecule has 178 valence electrons. The zero-order valence-electron chi connectivity index (χ0n) is 18.8. The Bertz CT molecular complexity index is 1270. The maximum atomic E-state index is 13.5. The first-order chi connectivity index (χ1) is 16.9. The minimum atomic E-state index is -0.812. The van der Waals surface area contributed by atoms with Crippen LogP contribution in [0.2, 0.25) is 5.02 Å². The number of thiocarbonyl (C=S) groups is 1. The van der Waals surface area contributed by atoms with E-state index in [9.17, 15) is 14.4 Å². The molecule has 1 aliphatic rings. The van der Waals surface area contributed by atoms with Crippen LogP contribution in [-0.2, 0) is 20.9 Å². The molecule has 35 heavy (non-hydrogen) atoms. The fourth-order valence-electron chi connectivity index (χ4n) is 3.83. The molecule has 1 aliphatic heterocycles. The van der Waals surface area contributed by atoms with Gasteiger partial charge in [-0.3, -0.25) is 14.5 Å². The molecule has 1 saturated heterocycles. The van der Waals surface area contributed by atoms with Crippen molar-refractivity contribution in [3.8, 4) is 0 Å². The van der Waals surface area contributed by atoms with Crippen LogP contribution in [0.1, 0.15) is 22.3 Å². The molecule has 0 saturated carbocycles. The van der Waals surface area contributed by atoms with Crippen LogP contribution >= 0.6 is 23.8 Å². The monoisotopic (exact) mass is 507 g/mol. The zero-order valence-corrected chi connectivity index (χ0v) is 20.4. The summed E-state index contributed by atoms with van der Waals surface area (Å²) in [6.45, 7) is 0.277. The van der Waals surface area contributed by atoms with Crippen molar-refractivity contribution in [1.82, 2.24) is 4.90 Å². The van der Waals surface area contributed by atoms with E-state index in [0.29, 0.717) is 27.1 Å². The molecule has 0 aromatic heterocycles. The molecule has 1 heterocycles. The highest BCUT2D eigenvalue weighted by atomic mass is 35.5. The molecule has 4 rings (SSSR count). The molecular formula is C26H22ClN3O4S. The topological polar surface area (TPSA) is 78.9 Å². The van der Waals surface area contributed by atoms with Gasteiger partial charge in [0.25, 0.3) is 5.91 Å². The van der Waals surface area contributed by atoms with Crippen molar-refractivity contribution in [1.29, 1.82) is 0 Å². The standard InChI is InChI=1S/C26H22ClN3O4S/c1-34-25(33)17-11-13-19(14-12-17)28-23(31)15-22-24(32)30(20-8-3-2-4-9-20)26(35)29(22)16-18-7-5-6-10-21(18)27/h2-14,22H,15-16H2,1H3,(H,28,31)/t22-/m0/s1. The van der Waals surface area contributed by atoms with Gasteiger partial charge < -0.3 is 15.0 Å². The lowest BCUT2D eigenvalue weighted by atomic mass is 10.1. The summed E-state index contributed by atoms with van der Waals surface area (Å²) >= 11 is 12.1. The zero-order chi connectivity index (χ0) is 24.9. The summed E-state index contributed by atoms with van der Waals surface area (Å²) in [6.07, 6.45) is -0.120. The smallest absolute Gasteiger partial charge is 0.337 e. The van der Waals surface area contributed by atoms with Crippen molar-refractivity contribution in [2.24, 2.45) is 0 Å². The number of hydrogen-bond acceptors (Lipinski definition) is 5. The number of ether oxygens (including phenoxy) is 1. The highest BCUT2D eigenvalue weighted by molar-refractivity contribution is 7.80. The van der Waals surface area contributed by atoms with E-state index >= 15 is 0 Å². The number of rotatable bonds is 7. The van der Waals surface area contributed by atoms with Gasteiger partial charge in [-0.2, -0.15) is 0 Å². The molecule has 2 amide bonds. The first kappa shape index (κ1) is 24.4. The predicted molar refractivity (Wildman–Crippen MR) is 138 cm³/mol. The summed E-state index contributed by atoms with van der Waals surface area (Å²) in [5, 5.41) is 3.64. The average Bonchev–Trinajstić information content (AvgIpc) is 3.09. The molecule has 0 spiro atoms. The number of benzene rings is 3. The van der Waals surface area contributed by atoms with Gasteiger partial charge in [0, 0.05) is 17.3 Å². The van der Waals surface area contributed by atoms with Crippen LogP contribution < -0.4 is 10.2 Å². The Morgan fingerprint density at radius 3 is 2.31 bits per heavy atom. The maximum Gasteiger partial charge on any atom is 0.337 e. The van der Waals surface area contributed by atoms with Crippen molar-refractivity contribution in [2.75, 3.05) is 17.3 Å². The van der Waals surface area contributed by atoms with Crippen LogP contribution in [0.5, 0.6) is 0 Å². The van der Waals surface area contributed by atoms with E-state index in [1.54, 1.807) is 47.4 Å². The number of esters is 1. The summed E-state index contributed by atoms with van der Waals surface area (Å²) in [7, 11) is 1.30. The van der Waals surface area contributed by atoms with Gasteiger partial charge in [0.2, 0.25) is 5.91 Å². The first-order valence-corrected chi connectivity index (χ1v) is 11.6. The Hall–Kier alpha value is -3.75. The third-order valence-electron chi connectivity index (χ3n) is 5.60. The van der Waals surface area contributed by atoms with Crippen LogP contribution in [0.25, 0.3) is 0 Å². The molecule has 3 aromatic rings. The van der Waals surface area contributed by atoms with E-state index in [2.05, 4.69) is 10.1 Å². The van der Waals surface area contributed by atoms with Crippen molar-refractivity contribution in [3.63, 3.8) is 0 Å². The van der Waals surface area contributed by atoms with E-state index in [1.165, 1.54) is 12.0 Å². The highest BCUT2D eigenvalue weighted by Crippen LogP contribution is 2.30. The first-order valence-electron chi connectivity index (χ1n) is 10.8. The second kappa shape index (κ2) is 10.7. The Morgan fingerprint density at radius 1 is 1.00 bits per heavy atom. The van der Waals surface area contributed by atoms with E-state index in [-0.39, 0.29) is 24.8 Å². The van der Waals surface area contributed by atoms with Crippen molar-refractivity contribution in [3.05, 3.63) is 95.0 Å². The highest BCUT2D eigenvalue weighted by Gasteiger charge is 2.44. The molecule has 9 heteroatoms. The summed E-state index contributed by atoms with van der Waals surface area (Å²) < 4.78 is 4.69. The number of halogens is 1. The van der Waals surface area contributed by atoms with E-state index < -0.39 is 12.0 Å². The molecule has 7 nitrogen and oxygen atoms in total. The van der Waals surface area contributed by atoms with Gasteiger partial charge in [-0.25, -0.2) is 4.79 Å². The summed E-state index contributed by atoms with van der Waals surface area (Å²) in [4.78, 5) is 41.2. The fourth-order valence-corrected chi connectivity index (χ4v) is 4.42. The van der Waals surface area contributed by atoms with Crippen molar-refractivity contribution in [2.45, 2.75) is 19.0 Å². The lowest BCUT2D eigenvalue weighted by molar-refractivity contribution is -0.124. The van der Waals surface area contributed by atoms with Gasteiger partial charge >= 0.3 is 5.97 Å². The van der Waals surface area contributed by atoms with E-state index in [4.69, 9.17) is 23.8 Å². The van der Waals surface area contributed by atoms with Crippen LogP contribution in [-0.4, -0.2) is 40.9 Å². The summed E-state index contributed by atoms with van der Waals surface area (Å²) in [5.41, 5.74) is 2.29. The van der Waals surface area contributed by atoms with Gasteiger partial charge in [-0.1, -0.05) is 48.0 Å². The third-order valence-corrected chi connectivity index (χ3v) is 6.39. The number of nitrogens with zero attached hydrogens (tertiary/aromatic N) is 2. The summed E-state index contributed by atoms with van der Waals surface area (Å²) in [5.74, 6) is -1.12. The maximum absolute atomic E-state index is 13.5. The number of carbonyl (C=O) groups is 3. The Morgan fingerprint density at radius 2 is 1.66 bits per heavy atom. The Balaban J connectivity index is 1.56. The van der Waals surface area contributed by atoms with Crippen LogP contribution in [0.4, 0.5) is 11.4 Å². The SMILES string of the molecule is COC(=O)c1ccc(NC(=O)C[C@H]2C(=O)N(c3ccccc3)C(=S)N2Cc2ccccc2Cl)cc1. The molecule has 1 fully saturated rings. The molecule has 0 radical (unpaired) electrons.